The maximum atomic E-state index is 13.1. The quantitative estimate of drug-likeness (QED) is 0.741. The first-order valence-corrected chi connectivity index (χ1v) is 8.84. The number of allylic oxidation sites excluding steroid dienone is 2. The molecule has 0 amide bonds. The van der Waals surface area contributed by atoms with E-state index < -0.39 is 0 Å². The molecule has 3 aliphatic rings. The number of ether oxygens (including phenoxy) is 2. The van der Waals surface area contributed by atoms with E-state index in [0.29, 0.717) is 24.2 Å². The van der Waals surface area contributed by atoms with E-state index in [1.165, 1.54) is 25.7 Å². The molecule has 1 saturated heterocycles. The molecule has 1 unspecified atom stereocenters. The first kappa shape index (κ1) is 15.5. The Labute approximate surface area is 128 Å². The lowest BCUT2D eigenvalue weighted by Gasteiger charge is -2.39. The van der Waals surface area contributed by atoms with Gasteiger partial charge in [-0.1, -0.05) is 13.0 Å². The van der Waals surface area contributed by atoms with Gasteiger partial charge in [0.2, 0.25) is 0 Å². The van der Waals surface area contributed by atoms with Crippen molar-refractivity contribution >= 4 is 0 Å². The van der Waals surface area contributed by atoms with Gasteiger partial charge < -0.3 is 9.47 Å². The Morgan fingerprint density at radius 3 is 2.24 bits per heavy atom. The molecular formula is C18H29FO2. The minimum atomic E-state index is 0.0393. The van der Waals surface area contributed by atoms with Crippen molar-refractivity contribution in [3.05, 3.63) is 11.9 Å². The SMILES string of the molecule is CC[C@H]1CO[C@H]([C@H]2CC[C@H](C3CC=C(F)CC3)CC2)OC1. The third kappa shape index (κ3) is 3.87. The van der Waals surface area contributed by atoms with Gasteiger partial charge in [0.15, 0.2) is 6.29 Å². The lowest BCUT2D eigenvalue weighted by atomic mass is 9.72. The maximum Gasteiger partial charge on any atom is 0.160 e. The van der Waals surface area contributed by atoms with Gasteiger partial charge in [-0.05, 0) is 63.2 Å². The standard InChI is InChI=1S/C18H29FO2/c1-2-13-11-20-18(21-12-13)16-5-3-14(4-6-16)15-7-9-17(19)10-8-15/h9,13-16,18H,2-8,10-12H2,1H3/t13-,14-,15?,16-,18-. The van der Waals surface area contributed by atoms with Gasteiger partial charge in [-0.15, -0.1) is 0 Å². The summed E-state index contributed by atoms with van der Waals surface area (Å²) in [6, 6.07) is 0. The van der Waals surface area contributed by atoms with Crippen LogP contribution < -0.4 is 0 Å². The monoisotopic (exact) mass is 296 g/mol. The number of halogens is 1. The molecule has 1 atom stereocenters. The average molecular weight is 296 g/mol. The van der Waals surface area contributed by atoms with Crippen LogP contribution in [-0.4, -0.2) is 19.5 Å². The lowest BCUT2D eigenvalue weighted by molar-refractivity contribution is -0.229. The third-order valence-electron chi connectivity index (χ3n) is 5.83. The molecule has 0 radical (unpaired) electrons. The molecule has 0 aromatic heterocycles. The van der Waals surface area contributed by atoms with Gasteiger partial charge in [-0.3, -0.25) is 0 Å². The van der Waals surface area contributed by atoms with E-state index in [1.807, 2.05) is 6.08 Å². The summed E-state index contributed by atoms with van der Waals surface area (Å²) in [5.74, 6) is 2.77. The van der Waals surface area contributed by atoms with Gasteiger partial charge >= 0.3 is 0 Å². The smallest absolute Gasteiger partial charge is 0.160 e. The number of rotatable bonds is 3. The highest BCUT2D eigenvalue weighted by Gasteiger charge is 2.34. The van der Waals surface area contributed by atoms with Crippen molar-refractivity contribution < 1.29 is 13.9 Å². The molecule has 1 aliphatic heterocycles. The highest BCUT2D eigenvalue weighted by molar-refractivity contribution is 4.99. The normalized spacial score (nSPS) is 41.6. The van der Waals surface area contributed by atoms with Gasteiger partial charge in [0.05, 0.1) is 19.0 Å². The molecule has 0 aromatic carbocycles. The zero-order valence-electron chi connectivity index (χ0n) is 13.2. The van der Waals surface area contributed by atoms with E-state index in [1.54, 1.807) is 0 Å². The van der Waals surface area contributed by atoms with Crippen LogP contribution in [0.1, 0.15) is 58.3 Å². The third-order valence-corrected chi connectivity index (χ3v) is 5.83. The molecule has 0 bridgehead atoms. The zero-order valence-corrected chi connectivity index (χ0v) is 13.2. The van der Waals surface area contributed by atoms with Crippen molar-refractivity contribution in [3.8, 4) is 0 Å². The van der Waals surface area contributed by atoms with Crippen LogP contribution in [-0.2, 0) is 9.47 Å². The Bertz CT molecular complexity index is 352. The van der Waals surface area contributed by atoms with Crippen molar-refractivity contribution in [3.63, 3.8) is 0 Å². The summed E-state index contributed by atoms with van der Waals surface area (Å²) in [6.07, 6.45) is 10.6. The predicted molar refractivity (Wildman–Crippen MR) is 81.5 cm³/mol. The largest absolute Gasteiger partial charge is 0.352 e. The van der Waals surface area contributed by atoms with Crippen LogP contribution in [0.5, 0.6) is 0 Å². The van der Waals surface area contributed by atoms with Gasteiger partial charge in [0.25, 0.3) is 0 Å². The zero-order chi connectivity index (χ0) is 14.7. The molecule has 21 heavy (non-hydrogen) atoms. The summed E-state index contributed by atoms with van der Waals surface area (Å²) in [5, 5.41) is 0. The van der Waals surface area contributed by atoms with Gasteiger partial charge in [0.1, 0.15) is 0 Å². The number of hydrogen-bond donors (Lipinski definition) is 0. The van der Waals surface area contributed by atoms with E-state index in [9.17, 15) is 4.39 Å². The van der Waals surface area contributed by atoms with Gasteiger partial charge in [-0.25, -0.2) is 4.39 Å². The summed E-state index contributed by atoms with van der Waals surface area (Å²) in [7, 11) is 0. The summed E-state index contributed by atoms with van der Waals surface area (Å²) >= 11 is 0. The van der Waals surface area contributed by atoms with E-state index in [0.717, 1.165) is 38.4 Å². The molecule has 0 spiro atoms. The average Bonchev–Trinajstić information content (AvgIpc) is 2.56. The Hall–Kier alpha value is -0.410. The second kappa shape index (κ2) is 7.23. The van der Waals surface area contributed by atoms with E-state index in [2.05, 4.69) is 6.92 Å². The van der Waals surface area contributed by atoms with Crippen LogP contribution in [0, 0.1) is 23.7 Å². The molecular weight excluding hydrogens is 267 g/mol. The Kier molecular flexibility index (Phi) is 5.33. The second-order valence-corrected chi connectivity index (χ2v) is 7.17. The van der Waals surface area contributed by atoms with Crippen LogP contribution >= 0.6 is 0 Å². The topological polar surface area (TPSA) is 18.5 Å². The summed E-state index contributed by atoms with van der Waals surface area (Å²) in [5.41, 5.74) is 0. The molecule has 0 aromatic rings. The lowest BCUT2D eigenvalue weighted by Crippen LogP contribution is -2.38. The van der Waals surface area contributed by atoms with E-state index >= 15 is 0 Å². The van der Waals surface area contributed by atoms with Crippen molar-refractivity contribution in [1.29, 1.82) is 0 Å². The highest BCUT2D eigenvalue weighted by Crippen LogP contribution is 2.41. The van der Waals surface area contributed by atoms with Gasteiger partial charge in [0, 0.05) is 11.8 Å². The summed E-state index contributed by atoms with van der Waals surface area (Å²) in [4.78, 5) is 0. The summed E-state index contributed by atoms with van der Waals surface area (Å²) < 4.78 is 25.0. The second-order valence-electron chi connectivity index (χ2n) is 7.17. The van der Waals surface area contributed by atoms with E-state index in [4.69, 9.17) is 9.47 Å². The van der Waals surface area contributed by atoms with Crippen molar-refractivity contribution in [2.24, 2.45) is 23.7 Å². The molecule has 1 saturated carbocycles. The van der Waals surface area contributed by atoms with Crippen molar-refractivity contribution in [2.75, 3.05) is 13.2 Å². The molecule has 120 valence electrons. The molecule has 2 fully saturated rings. The first-order chi connectivity index (χ1) is 10.3. The first-order valence-electron chi connectivity index (χ1n) is 8.84. The molecule has 3 rings (SSSR count). The highest BCUT2D eigenvalue weighted by atomic mass is 19.1. The van der Waals surface area contributed by atoms with Gasteiger partial charge in [-0.2, -0.15) is 0 Å². The molecule has 3 heteroatoms. The molecule has 1 heterocycles. The Morgan fingerprint density at radius 1 is 1.00 bits per heavy atom. The fourth-order valence-corrected chi connectivity index (χ4v) is 4.21. The molecule has 2 aliphatic carbocycles. The Balaban J connectivity index is 1.43. The van der Waals surface area contributed by atoms with Crippen LogP contribution in [0.4, 0.5) is 4.39 Å². The van der Waals surface area contributed by atoms with Crippen molar-refractivity contribution in [1.82, 2.24) is 0 Å². The molecule has 0 N–H and O–H groups in total. The summed E-state index contributed by atoms with van der Waals surface area (Å²) in [6.45, 7) is 3.94. The van der Waals surface area contributed by atoms with E-state index in [-0.39, 0.29) is 12.1 Å². The predicted octanol–water partition coefficient (Wildman–Crippen LogP) is 4.85. The van der Waals surface area contributed by atoms with Crippen LogP contribution in [0.25, 0.3) is 0 Å². The fourth-order valence-electron chi connectivity index (χ4n) is 4.21. The maximum absolute atomic E-state index is 13.1. The number of hydrogen-bond acceptors (Lipinski definition) is 2. The Morgan fingerprint density at radius 2 is 1.67 bits per heavy atom. The van der Waals surface area contributed by atoms with Crippen LogP contribution in [0.15, 0.2) is 11.9 Å². The van der Waals surface area contributed by atoms with Crippen molar-refractivity contribution in [2.45, 2.75) is 64.6 Å². The molecule has 2 nitrogen and oxygen atoms in total. The van der Waals surface area contributed by atoms with Crippen LogP contribution in [0.2, 0.25) is 0 Å². The fraction of sp³-hybridized carbons (Fsp3) is 0.889. The minimum absolute atomic E-state index is 0.0393. The minimum Gasteiger partial charge on any atom is -0.352 e. The van der Waals surface area contributed by atoms with Crippen LogP contribution in [0.3, 0.4) is 0 Å².